The Labute approximate surface area is 224 Å². The number of hydrogen-bond donors (Lipinski definition) is 7. The number of nitrogens with two attached hydrogens (primary N) is 1. The van der Waals surface area contributed by atoms with Gasteiger partial charge in [-0.3, -0.25) is 19.2 Å². The van der Waals surface area contributed by atoms with E-state index >= 15 is 0 Å². The third-order valence-electron chi connectivity index (χ3n) is 6.37. The van der Waals surface area contributed by atoms with Gasteiger partial charge in [0.05, 0.1) is 12.5 Å². The summed E-state index contributed by atoms with van der Waals surface area (Å²) in [5.41, 5.74) is 6.87. The van der Waals surface area contributed by atoms with Gasteiger partial charge < -0.3 is 37.1 Å². The lowest BCUT2D eigenvalue weighted by molar-refractivity contribution is -0.142. The summed E-state index contributed by atoms with van der Waals surface area (Å²) >= 11 is 1.45. The van der Waals surface area contributed by atoms with Gasteiger partial charge in [-0.05, 0) is 49.4 Å². The highest BCUT2D eigenvalue weighted by atomic mass is 32.2. The lowest BCUT2D eigenvalue weighted by Gasteiger charge is -2.24. The molecule has 1 aromatic carbocycles. The molecule has 0 radical (unpaired) electrons. The summed E-state index contributed by atoms with van der Waals surface area (Å²) in [6.07, 6.45) is 4.74. The number of H-pyrrole nitrogens is 1. The molecule has 12 nitrogen and oxygen atoms in total. The Morgan fingerprint density at radius 2 is 1.79 bits per heavy atom. The summed E-state index contributed by atoms with van der Waals surface area (Å²) in [5, 5.41) is 21.3. The maximum absolute atomic E-state index is 13.2. The number of carboxylic acids is 1. The molecule has 3 rings (SSSR count). The molecule has 4 unspecified atom stereocenters. The lowest BCUT2D eigenvalue weighted by atomic mass is 10.0. The number of rotatable bonds is 14. The fourth-order valence-corrected chi connectivity index (χ4v) is 4.83. The van der Waals surface area contributed by atoms with Crippen molar-refractivity contribution in [1.29, 1.82) is 0 Å². The Kier molecular flexibility index (Phi) is 10.5. The third-order valence-corrected chi connectivity index (χ3v) is 7.02. The van der Waals surface area contributed by atoms with Gasteiger partial charge in [-0.25, -0.2) is 4.79 Å². The smallest absolute Gasteiger partial charge is 0.326 e. The fraction of sp³-hybridized carbons (Fsp3) is 0.480. The Balaban J connectivity index is 1.71. The first kappa shape index (κ1) is 29.0. The summed E-state index contributed by atoms with van der Waals surface area (Å²) in [4.78, 5) is 65.5. The molecule has 1 saturated heterocycles. The number of aromatic amines is 1. The molecule has 0 aliphatic carbocycles. The summed E-state index contributed by atoms with van der Waals surface area (Å²) < 4.78 is 0. The number of carboxylic acid groups (broad SMARTS) is 1. The summed E-state index contributed by atoms with van der Waals surface area (Å²) in [6, 6.07) is 3.34. The van der Waals surface area contributed by atoms with Gasteiger partial charge in [-0.15, -0.1) is 0 Å². The largest absolute Gasteiger partial charge is 0.480 e. The quantitative estimate of drug-likeness (QED) is 0.167. The van der Waals surface area contributed by atoms with Crippen LogP contribution in [0.1, 0.15) is 31.2 Å². The summed E-state index contributed by atoms with van der Waals surface area (Å²) in [7, 11) is 0. The average molecular weight is 547 g/mol. The van der Waals surface area contributed by atoms with Crippen LogP contribution in [0.2, 0.25) is 0 Å². The van der Waals surface area contributed by atoms with Crippen molar-refractivity contribution in [3.8, 4) is 0 Å². The van der Waals surface area contributed by atoms with Crippen molar-refractivity contribution < 1.29 is 29.1 Å². The Morgan fingerprint density at radius 1 is 1.08 bits per heavy atom. The van der Waals surface area contributed by atoms with Crippen molar-refractivity contribution in [2.75, 3.05) is 18.6 Å². The molecule has 8 N–H and O–H groups in total. The van der Waals surface area contributed by atoms with Crippen molar-refractivity contribution in [2.45, 2.75) is 56.3 Å². The highest BCUT2D eigenvalue weighted by Crippen LogP contribution is 2.19. The van der Waals surface area contributed by atoms with Crippen LogP contribution in [0.3, 0.4) is 0 Å². The van der Waals surface area contributed by atoms with Crippen LogP contribution in [-0.4, -0.2) is 82.4 Å². The highest BCUT2D eigenvalue weighted by Gasteiger charge is 2.32. The molecule has 38 heavy (non-hydrogen) atoms. The van der Waals surface area contributed by atoms with E-state index in [0.29, 0.717) is 18.7 Å². The van der Waals surface area contributed by atoms with Crippen LogP contribution < -0.4 is 27.0 Å². The van der Waals surface area contributed by atoms with Crippen molar-refractivity contribution in [1.82, 2.24) is 26.3 Å². The van der Waals surface area contributed by atoms with Crippen LogP contribution >= 0.6 is 11.8 Å². The summed E-state index contributed by atoms with van der Waals surface area (Å²) in [6.45, 7) is 0.672. The molecule has 2 aromatic rings. The molecule has 1 aliphatic heterocycles. The van der Waals surface area contributed by atoms with Crippen molar-refractivity contribution >= 4 is 52.3 Å². The number of primary amides is 1. The zero-order valence-corrected chi connectivity index (χ0v) is 21.9. The van der Waals surface area contributed by atoms with Gasteiger partial charge in [0, 0.05) is 23.5 Å². The molecule has 1 aliphatic rings. The van der Waals surface area contributed by atoms with E-state index in [9.17, 15) is 29.1 Å². The average Bonchev–Trinajstić information content (AvgIpc) is 3.56. The van der Waals surface area contributed by atoms with E-state index in [-0.39, 0.29) is 12.8 Å². The molecular formula is C25H34N6O6S. The van der Waals surface area contributed by atoms with E-state index in [0.717, 1.165) is 22.9 Å². The number of amides is 4. The van der Waals surface area contributed by atoms with Gasteiger partial charge in [-0.2, -0.15) is 11.8 Å². The van der Waals surface area contributed by atoms with Crippen LogP contribution in [-0.2, 0) is 30.4 Å². The maximum Gasteiger partial charge on any atom is 0.326 e. The summed E-state index contributed by atoms with van der Waals surface area (Å²) in [5.74, 6) is -3.38. The van der Waals surface area contributed by atoms with E-state index in [4.69, 9.17) is 5.73 Å². The number of carbonyl (C=O) groups is 5. The number of thioether (sulfide) groups is 1. The van der Waals surface area contributed by atoms with Gasteiger partial charge in [0.25, 0.3) is 0 Å². The molecule has 4 atom stereocenters. The SMILES string of the molecule is CSCCC(NC(=O)C(CC(N)=O)NC(=O)C1CCCN1)C(=O)NC(Cc1c[nH]c2ccccc12)C(=O)O. The van der Waals surface area contributed by atoms with Crippen LogP contribution in [0, 0.1) is 0 Å². The fourth-order valence-electron chi connectivity index (χ4n) is 4.36. The molecule has 0 spiro atoms. The second-order valence-corrected chi connectivity index (χ2v) is 10.2. The first-order valence-electron chi connectivity index (χ1n) is 12.4. The number of aliphatic carboxylic acids is 1. The topological polar surface area (TPSA) is 196 Å². The molecular weight excluding hydrogens is 512 g/mol. The third kappa shape index (κ3) is 7.96. The van der Waals surface area contributed by atoms with E-state index in [1.807, 2.05) is 30.5 Å². The van der Waals surface area contributed by atoms with Gasteiger partial charge >= 0.3 is 5.97 Å². The first-order valence-corrected chi connectivity index (χ1v) is 13.8. The predicted molar refractivity (Wildman–Crippen MR) is 143 cm³/mol. The molecule has 1 aromatic heterocycles. The van der Waals surface area contributed by atoms with Gasteiger partial charge in [0.2, 0.25) is 23.6 Å². The predicted octanol–water partition coefficient (Wildman–Crippen LogP) is -0.370. The van der Waals surface area contributed by atoms with Crippen LogP contribution in [0.5, 0.6) is 0 Å². The van der Waals surface area contributed by atoms with Crippen LogP contribution in [0.4, 0.5) is 0 Å². The molecule has 2 heterocycles. The van der Waals surface area contributed by atoms with Crippen molar-refractivity contribution in [3.05, 3.63) is 36.0 Å². The minimum absolute atomic E-state index is 0.0308. The monoisotopic (exact) mass is 546 g/mol. The van der Waals surface area contributed by atoms with E-state index < -0.39 is 60.2 Å². The number of benzene rings is 1. The molecule has 4 amide bonds. The van der Waals surface area contributed by atoms with E-state index in [1.54, 1.807) is 6.20 Å². The van der Waals surface area contributed by atoms with Crippen LogP contribution in [0.25, 0.3) is 10.9 Å². The molecule has 1 fully saturated rings. The number of nitrogens with one attached hydrogen (secondary N) is 5. The highest BCUT2D eigenvalue weighted by molar-refractivity contribution is 7.98. The van der Waals surface area contributed by atoms with E-state index in [2.05, 4.69) is 26.3 Å². The molecule has 206 valence electrons. The Morgan fingerprint density at radius 3 is 2.45 bits per heavy atom. The number of carbonyl (C=O) groups excluding carboxylic acids is 4. The lowest BCUT2D eigenvalue weighted by Crippen LogP contribution is -2.58. The van der Waals surface area contributed by atoms with Crippen LogP contribution in [0.15, 0.2) is 30.5 Å². The first-order chi connectivity index (χ1) is 18.2. The molecule has 0 saturated carbocycles. The standard InChI is InChI=1S/C25H34N6O6S/c1-38-10-8-18(29-24(35)19(12-21(26)32)30-22(33)17-7-4-9-27-17)23(34)31-20(25(36)37)11-14-13-28-16-6-3-2-5-15(14)16/h2-3,5-6,13,17-20,27-28H,4,7-12H2,1H3,(H2,26,32)(H,29,35)(H,30,33)(H,31,34)(H,36,37). The normalized spacial score (nSPS) is 17.3. The van der Waals surface area contributed by atoms with E-state index in [1.165, 1.54) is 11.8 Å². The van der Waals surface area contributed by atoms with Gasteiger partial charge in [0.15, 0.2) is 0 Å². The molecule has 13 heteroatoms. The number of hydrogen-bond acceptors (Lipinski definition) is 7. The van der Waals surface area contributed by atoms with Crippen molar-refractivity contribution in [2.24, 2.45) is 5.73 Å². The Hall–Kier alpha value is -3.58. The zero-order chi connectivity index (χ0) is 27.7. The Bertz CT molecular complexity index is 1160. The second kappa shape index (κ2) is 13.8. The van der Waals surface area contributed by atoms with Gasteiger partial charge in [-0.1, -0.05) is 18.2 Å². The molecule has 0 bridgehead atoms. The minimum Gasteiger partial charge on any atom is -0.480 e. The number of para-hydroxylation sites is 1. The second-order valence-electron chi connectivity index (χ2n) is 9.19. The zero-order valence-electron chi connectivity index (χ0n) is 21.1. The number of fused-ring (bicyclic) bond motifs is 1. The minimum atomic E-state index is -1.27. The maximum atomic E-state index is 13.2. The van der Waals surface area contributed by atoms with Gasteiger partial charge in [0.1, 0.15) is 18.1 Å². The van der Waals surface area contributed by atoms with Crippen molar-refractivity contribution in [3.63, 3.8) is 0 Å². The number of aromatic nitrogens is 1.